The Labute approximate surface area is 154 Å². The molecular weight excluding hydrogens is 379 g/mol. The molecule has 4 nitrogen and oxygen atoms in total. The van der Waals surface area contributed by atoms with Crippen LogP contribution in [0.2, 0.25) is 0 Å². The molecule has 1 atom stereocenters. The molecule has 1 unspecified atom stereocenters. The van der Waals surface area contributed by atoms with Gasteiger partial charge in [0.2, 0.25) is 0 Å². The fourth-order valence-corrected chi connectivity index (χ4v) is 5.90. The highest BCUT2D eigenvalue weighted by Crippen LogP contribution is 2.47. The Morgan fingerprint density at radius 3 is 2.67 bits per heavy atom. The molecular formula is C19H16F3NO3S. The monoisotopic (exact) mass is 395 g/mol. The van der Waals surface area contributed by atoms with E-state index in [4.69, 9.17) is 0 Å². The third kappa shape index (κ3) is 3.01. The number of halogens is 3. The standard InChI is InChI=1S/C19H16F3NO3S/c20-12-5-4-10(8-11(12)9-16(21)22)17-18-13(2-1-3-15(18)24)23-14-6-7-27(25,26)19(14)17/h4-5,8-9,17,23H,1-3,6-7H2. The summed E-state index contributed by atoms with van der Waals surface area (Å²) < 4.78 is 64.6. The normalized spacial score (nSPS) is 23.7. The zero-order valence-electron chi connectivity index (χ0n) is 14.2. The molecule has 1 N–H and O–H groups in total. The number of ketones is 1. The van der Waals surface area contributed by atoms with Gasteiger partial charge in [-0.05, 0) is 30.5 Å². The molecule has 1 aliphatic carbocycles. The number of hydrogen-bond donors (Lipinski definition) is 1. The van der Waals surface area contributed by atoms with E-state index in [1.807, 2.05) is 0 Å². The minimum absolute atomic E-state index is 0.0665. The van der Waals surface area contributed by atoms with Crippen LogP contribution >= 0.6 is 0 Å². The van der Waals surface area contributed by atoms with Crippen LogP contribution in [0.5, 0.6) is 0 Å². The molecule has 8 heteroatoms. The maximum atomic E-state index is 13.9. The molecule has 27 heavy (non-hydrogen) atoms. The van der Waals surface area contributed by atoms with E-state index in [2.05, 4.69) is 5.32 Å². The van der Waals surface area contributed by atoms with Crippen molar-refractivity contribution in [3.05, 3.63) is 63.1 Å². The lowest BCUT2D eigenvalue weighted by atomic mass is 9.79. The van der Waals surface area contributed by atoms with Crippen molar-refractivity contribution in [2.45, 2.75) is 31.6 Å². The maximum absolute atomic E-state index is 13.9. The van der Waals surface area contributed by atoms with Gasteiger partial charge in [0.1, 0.15) is 5.82 Å². The van der Waals surface area contributed by atoms with Gasteiger partial charge in [0.25, 0.3) is 6.08 Å². The molecule has 1 aromatic carbocycles. The quantitative estimate of drug-likeness (QED) is 0.828. The zero-order valence-corrected chi connectivity index (χ0v) is 15.0. The second-order valence-electron chi connectivity index (χ2n) is 6.85. The van der Waals surface area contributed by atoms with E-state index in [9.17, 15) is 26.4 Å². The summed E-state index contributed by atoms with van der Waals surface area (Å²) in [5.74, 6) is -1.95. The number of sulfone groups is 1. The van der Waals surface area contributed by atoms with Gasteiger partial charge >= 0.3 is 0 Å². The summed E-state index contributed by atoms with van der Waals surface area (Å²) >= 11 is 0. The number of carbonyl (C=O) groups excluding carboxylic acids is 1. The van der Waals surface area contributed by atoms with Gasteiger partial charge in [0.15, 0.2) is 15.6 Å². The number of dihydropyridines is 1. The van der Waals surface area contributed by atoms with Crippen LogP contribution in [-0.2, 0) is 14.6 Å². The Kier molecular flexibility index (Phi) is 4.25. The molecule has 0 amide bonds. The fourth-order valence-electron chi connectivity index (χ4n) is 4.06. The van der Waals surface area contributed by atoms with E-state index in [1.165, 1.54) is 12.1 Å². The van der Waals surface area contributed by atoms with Crippen molar-refractivity contribution in [3.8, 4) is 0 Å². The predicted octanol–water partition coefficient (Wildman–Crippen LogP) is 3.79. The van der Waals surface area contributed by atoms with Crippen molar-refractivity contribution in [2.75, 3.05) is 5.75 Å². The average Bonchev–Trinajstić information content (AvgIpc) is 2.90. The summed E-state index contributed by atoms with van der Waals surface area (Å²) in [6.07, 6.45) is 0.229. The van der Waals surface area contributed by atoms with Crippen molar-refractivity contribution in [2.24, 2.45) is 0 Å². The van der Waals surface area contributed by atoms with Crippen LogP contribution in [-0.4, -0.2) is 20.0 Å². The lowest BCUT2D eigenvalue weighted by Gasteiger charge is -2.33. The minimum atomic E-state index is -3.59. The van der Waals surface area contributed by atoms with Crippen molar-refractivity contribution in [3.63, 3.8) is 0 Å². The Morgan fingerprint density at radius 2 is 1.93 bits per heavy atom. The number of nitrogens with one attached hydrogen (secondary N) is 1. The van der Waals surface area contributed by atoms with Gasteiger partial charge in [-0.15, -0.1) is 0 Å². The first-order valence-corrected chi connectivity index (χ1v) is 10.2. The van der Waals surface area contributed by atoms with Gasteiger partial charge in [-0.3, -0.25) is 4.79 Å². The predicted molar refractivity (Wildman–Crippen MR) is 93.8 cm³/mol. The third-order valence-electron chi connectivity index (χ3n) is 5.18. The molecule has 0 bridgehead atoms. The van der Waals surface area contributed by atoms with E-state index in [0.717, 1.165) is 6.07 Å². The summed E-state index contributed by atoms with van der Waals surface area (Å²) in [5, 5.41) is 3.11. The molecule has 1 aromatic rings. The Morgan fingerprint density at radius 1 is 1.15 bits per heavy atom. The van der Waals surface area contributed by atoms with Crippen LogP contribution in [0.4, 0.5) is 13.2 Å². The molecule has 2 heterocycles. The first kappa shape index (κ1) is 18.0. The summed E-state index contributed by atoms with van der Waals surface area (Å²) in [7, 11) is -3.59. The van der Waals surface area contributed by atoms with Crippen molar-refractivity contribution < 1.29 is 26.4 Å². The third-order valence-corrected chi connectivity index (χ3v) is 7.07. The first-order chi connectivity index (χ1) is 12.8. The number of allylic oxidation sites excluding steroid dienone is 4. The van der Waals surface area contributed by atoms with Crippen LogP contribution < -0.4 is 5.32 Å². The number of benzene rings is 1. The minimum Gasteiger partial charge on any atom is -0.361 e. The van der Waals surface area contributed by atoms with Crippen LogP contribution in [0.3, 0.4) is 0 Å². The van der Waals surface area contributed by atoms with E-state index >= 15 is 0 Å². The van der Waals surface area contributed by atoms with Crippen LogP contribution in [0.1, 0.15) is 42.7 Å². The molecule has 0 saturated heterocycles. The number of carbonyl (C=O) groups is 1. The lowest BCUT2D eigenvalue weighted by Crippen LogP contribution is -2.32. The largest absolute Gasteiger partial charge is 0.361 e. The van der Waals surface area contributed by atoms with Gasteiger partial charge in [-0.1, -0.05) is 6.07 Å². The second kappa shape index (κ2) is 6.37. The highest BCUT2D eigenvalue weighted by atomic mass is 32.2. The smallest absolute Gasteiger partial charge is 0.271 e. The molecule has 0 spiro atoms. The Hall–Kier alpha value is -2.35. The van der Waals surface area contributed by atoms with Crippen molar-refractivity contribution in [1.29, 1.82) is 0 Å². The molecule has 0 saturated carbocycles. The molecule has 4 rings (SSSR count). The van der Waals surface area contributed by atoms with Gasteiger partial charge in [0, 0.05) is 41.4 Å². The highest BCUT2D eigenvalue weighted by molar-refractivity contribution is 7.95. The second-order valence-corrected chi connectivity index (χ2v) is 8.93. The lowest BCUT2D eigenvalue weighted by molar-refractivity contribution is -0.116. The van der Waals surface area contributed by atoms with Gasteiger partial charge in [0.05, 0.1) is 16.6 Å². The first-order valence-electron chi connectivity index (χ1n) is 8.59. The summed E-state index contributed by atoms with van der Waals surface area (Å²) in [6, 6.07) is 3.60. The molecule has 0 fully saturated rings. The molecule has 0 aromatic heterocycles. The van der Waals surface area contributed by atoms with Crippen LogP contribution in [0.25, 0.3) is 6.08 Å². The van der Waals surface area contributed by atoms with E-state index in [-0.39, 0.29) is 22.0 Å². The average molecular weight is 395 g/mol. The highest BCUT2D eigenvalue weighted by Gasteiger charge is 2.44. The van der Waals surface area contributed by atoms with E-state index in [0.29, 0.717) is 54.3 Å². The molecule has 3 aliphatic rings. The zero-order chi connectivity index (χ0) is 19.3. The molecule has 0 radical (unpaired) electrons. The van der Waals surface area contributed by atoms with E-state index < -0.39 is 27.7 Å². The summed E-state index contributed by atoms with van der Waals surface area (Å²) in [6.45, 7) is 0. The van der Waals surface area contributed by atoms with E-state index in [1.54, 1.807) is 0 Å². The Balaban J connectivity index is 1.94. The van der Waals surface area contributed by atoms with Gasteiger partial charge in [-0.25, -0.2) is 12.8 Å². The van der Waals surface area contributed by atoms with Gasteiger partial charge in [-0.2, -0.15) is 8.78 Å². The number of Topliss-reactive ketones (excluding diaryl/α,β-unsaturated/α-hetero) is 1. The van der Waals surface area contributed by atoms with Crippen LogP contribution in [0, 0.1) is 5.82 Å². The maximum Gasteiger partial charge on any atom is 0.271 e. The molecule has 2 aliphatic heterocycles. The van der Waals surface area contributed by atoms with Gasteiger partial charge < -0.3 is 5.32 Å². The SMILES string of the molecule is O=C1CCCC2=C1C(c1ccc(F)c(C=C(F)F)c1)C1=C(CCS1(=O)=O)N2. The number of rotatable bonds is 2. The van der Waals surface area contributed by atoms with Crippen LogP contribution in [0.15, 0.2) is 46.2 Å². The summed E-state index contributed by atoms with van der Waals surface area (Å²) in [4.78, 5) is 12.7. The summed E-state index contributed by atoms with van der Waals surface area (Å²) in [5.41, 5.74) is 1.57. The van der Waals surface area contributed by atoms with Crippen molar-refractivity contribution in [1.82, 2.24) is 5.32 Å². The Bertz CT molecular complexity index is 1050. The number of hydrogen-bond acceptors (Lipinski definition) is 4. The topological polar surface area (TPSA) is 63.2 Å². The fraction of sp³-hybridized carbons (Fsp3) is 0.316. The molecule has 142 valence electrons. The van der Waals surface area contributed by atoms with Crippen molar-refractivity contribution >= 4 is 21.7 Å².